The molecule has 1 heterocycles. The van der Waals surface area contributed by atoms with Crippen LogP contribution in [0.1, 0.15) is 6.42 Å². The summed E-state index contributed by atoms with van der Waals surface area (Å²) in [5.74, 6) is 0. The van der Waals surface area contributed by atoms with Crippen molar-refractivity contribution in [3.05, 3.63) is 0 Å². The van der Waals surface area contributed by atoms with Crippen molar-refractivity contribution in [1.82, 2.24) is 5.32 Å². The van der Waals surface area contributed by atoms with Crippen LogP contribution in [0.5, 0.6) is 0 Å². The van der Waals surface area contributed by atoms with Crippen molar-refractivity contribution in [2.45, 2.75) is 12.5 Å². The van der Waals surface area contributed by atoms with E-state index in [-0.39, 0.29) is 18.5 Å². The molecule has 1 atom stereocenters. The normalized spacial score (nSPS) is 25.7. The molecule has 1 N–H and O–H groups in total. The Labute approximate surface area is 66.8 Å². The van der Waals surface area contributed by atoms with Gasteiger partial charge in [0.25, 0.3) is 0 Å². The van der Waals surface area contributed by atoms with Gasteiger partial charge in [-0.2, -0.15) is 5.26 Å². The van der Waals surface area contributed by atoms with E-state index in [9.17, 15) is 0 Å². The molecular weight excluding hydrogens is 152 g/mol. The Bertz CT molecular complexity index is 115. The summed E-state index contributed by atoms with van der Waals surface area (Å²) in [5, 5.41) is 11.5. The van der Waals surface area contributed by atoms with Crippen LogP contribution >= 0.6 is 12.4 Å². The van der Waals surface area contributed by atoms with Crippen LogP contribution in [0.3, 0.4) is 0 Å². The Hall–Kier alpha value is -0.300. The Morgan fingerprint density at radius 1 is 1.50 bits per heavy atom. The molecule has 1 saturated heterocycles. The maximum absolute atomic E-state index is 8.41. The van der Waals surface area contributed by atoms with Crippen LogP contribution in [0.25, 0.3) is 0 Å². The van der Waals surface area contributed by atoms with E-state index < -0.39 is 0 Å². The minimum atomic E-state index is -0.181. The second kappa shape index (κ2) is 5.48. The van der Waals surface area contributed by atoms with Crippen LogP contribution in [-0.2, 0) is 4.74 Å². The van der Waals surface area contributed by atoms with E-state index in [1.54, 1.807) is 0 Å². The molecule has 4 heteroatoms. The van der Waals surface area contributed by atoms with Crippen molar-refractivity contribution in [2.75, 3.05) is 19.7 Å². The zero-order valence-corrected chi connectivity index (χ0v) is 6.49. The fourth-order valence-electron chi connectivity index (χ4n) is 0.817. The molecule has 1 aliphatic rings. The van der Waals surface area contributed by atoms with Gasteiger partial charge in [0.2, 0.25) is 0 Å². The number of hydrogen-bond donors (Lipinski definition) is 1. The fourth-order valence-corrected chi connectivity index (χ4v) is 0.817. The molecule has 1 unspecified atom stereocenters. The van der Waals surface area contributed by atoms with Crippen molar-refractivity contribution >= 4 is 12.4 Å². The lowest BCUT2D eigenvalue weighted by Crippen LogP contribution is -2.16. The maximum Gasteiger partial charge on any atom is 0.145 e. The van der Waals surface area contributed by atoms with Crippen LogP contribution in [0.4, 0.5) is 0 Å². The van der Waals surface area contributed by atoms with E-state index >= 15 is 0 Å². The lowest BCUT2D eigenvalue weighted by atomic mass is 10.3. The molecule has 0 radical (unpaired) electrons. The van der Waals surface area contributed by atoms with Gasteiger partial charge in [0.1, 0.15) is 6.10 Å². The minimum Gasteiger partial charge on any atom is -0.362 e. The molecule has 1 aliphatic heterocycles. The highest BCUT2D eigenvalue weighted by molar-refractivity contribution is 5.85. The zero-order chi connectivity index (χ0) is 6.53. The molecule has 0 aromatic heterocycles. The van der Waals surface area contributed by atoms with Crippen LogP contribution in [0.2, 0.25) is 0 Å². The topological polar surface area (TPSA) is 45.0 Å². The van der Waals surface area contributed by atoms with Gasteiger partial charge in [-0.3, -0.25) is 0 Å². The molecule has 0 saturated carbocycles. The molecule has 0 bridgehead atoms. The molecule has 3 nitrogen and oxygen atoms in total. The maximum atomic E-state index is 8.41. The van der Waals surface area contributed by atoms with Gasteiger partial charge in [0, 0.05) is 6.54 Å². The van der Waals surface area contributed by atoms with E-state index in [1.807, 2.05) is 0 Å². The van der Waals surface area contributed by atoms with E-state index in [4.69, 9.17) is 10.00 Å². The minimum absolute atomic E-state index is 0. The SMILES string of the molecule is Cl.N#CC1CCNCCO1. The summed E-state index contributed by atoms with van der Waals surface area (Å²) in [7, 11) is 0. The summed E-state index contributed by atoms with van der Waals surface area (Å²) >= 11 is 0. The van der Waals surface area contributed by atoms with Gasteiger partial charge in [-0.25, -0.2) is 0 Å². The summed E-state index contributed by atoms with van der Waals surface area (Å²) in [6.07, 6.45) is 0.635. The number of nitriles is 1. The summed E-state index contributed by atoms with van der Waals surface area (Å²) in [6.45, 7) is 2.44. The number of nitrogens with zero attached hydrogens (tertiary/aromatic N) is 1. The van der Waals surface area contributed by atoms with Gasteiger partial charge in [-0.05, 0) is 13.0 Å². The van der Waals surface area contributed by atoms with Crippen molar-refractivity contribution in [3.63, 3.8) is 0 Å². The first-order valence-corrected chi connectivity index (χ1v) is 3.15. The van der Waals surface area contributed by atoms with E-state index in [1.165, 1.54) is 0 Å². The van der Waals surface area contributed by atoms with Gasteiger partial charge in [-0.1, -0.05) is 0 Å². The van der Waals surface area contributed by atoms with Crippen LogP contribution in [0.15, 0.2) is 0 Å². The first-order chi connectivity index (χ1) is 4.43. The van der Waals surface area contributed by atoms with E-state index in [0.717, 1.165) is 19.5 Å². The highest BCUT2D eigenvalue weighted by atomic mass is 35.5. The Kier molecular flexibility index (Phi) is 5.32. The molecule has 0 aromatic carbocycles. The average molecular weight is 163 g/mol. The van der Waals surface area contributed by atoms with Gasteiger partial charge in [-0.15, -0.1) is 12.4 Å². The molecule has 0 amide bonds. The smallest absolute Gasteiger partial charge is 0.145 e. The number of hydrogen-bond acceptors (Lipinski definition) is 3. The van der Waals surface area contributed by atoms with Crippen molar-refractivity contribution in [2.24, 2.45) is 0 Å². The van der Waals surface area contributed by atoms with Gasteiger partial charge < -0.3 is 10.1 Å². The van der Waals surface area contributed by atoms with E-state index in [0.29, 0.717) is 6.61 Å². The predicted octanol–water partition coefficient (Wildman–Crippen LogP) is 0.310. The predicted molar refractivity (Wildman–Crippen MR) is 40.1 cm³/mol. The first kappa shape index (κ1) is 9.70. The largest absolute Gasteiger partial charge is 0.362 e. The molecule has 10 heavy (non-hydrogen) atoms. The monoisotopic (exact) mass is 162 g/mol. The van der Waals surface area contributed by atoms with E-state index in [2.05, 4.69) is 11.4 Å². The molecule has 1 rings (SSSR count). The quantitative estimate of drug-likeness (QED) is 0.558. The van der Waals surface area contributed by atoms with Gasteiger partial charge in [0.15, 0.2) is 0 Å². The first-order valence-electron chi connectivity index (χ1n) is 3.15. The van der Waals surface area contributed by atoms with Crippen LogP contribution < -0.4 is 5.32 Å². The number of nitrogens with one attached hydrogen (secondary N) is 1. The second-order valence-electron chi connectivity index (χ2n) is 2.03. The van der Waals surface area contributed by atoms with Gasteiger partial charge in [0.05, 0.1) is 12.7 Å². The summed E-state index contributed by atoms with van der Waals surface area (Å²) in [4.78, 5) is 0. The van der Waals surface area contributed by atoms with Crippen molar-refractivity contribution in [1.29, 1.82) is 5.26 Å². The summed E-state index contributed by atoms with van der Waals surface area (Å²) in [5.41, 5.74) is 0. The number of halogens is 1. The van der Waals surface area contributed by atoms with Crippen LogP contribution in [0, 0.1) is 11.3 Å². The molecule has 0 aromatic rings. The third-order valence-corrected chi connectivity index (χ3v) is 1.33. The molecular formula is C6H11ClN2O. The summed E-state index contributed by atoms with van der Waals surface area (Å²) < 4.78 is 5.13. The Morgan fingerprint density at radius 3 is 3.00 bits per heavy atom. The second-order valence-corrected chi connectivity index (χ2v) is 2.03. The zero-order valence-electron chi connectivity index (χ0n) is 5.67. The third kappa shape index (κ3) is 3.02. The highest BCUT2D eigenvalue weighted by Gasteiger charge is 2.09. The Morgan fingerprint density at radius 2 is 2.30 bits per heavy atom. The van der Waals surface area contributed by atoms with Crippen molar-refractivity contribution < 1.29 is 4.74 Å². The standard InChI is InChI=1S/C6H10N2O.ClH/c7-5-6-1-2-8-3-4-9-6;/h6,8H,1-4H2;1H. The Balaban J connectivity index is 0.000000810. The molecule has 0 aliphatic carbocycles. The summed E-state index contributed by atoms with van der Waals surface area (Å²) in [6, 6.07) is 2.08. The number of ether oxygens (including phenoxy) is 1. The third-order valence-electron chi connectivity index (χ3n) is 1.33. The highest BCUT2D eigenvalue weighted by Crippen LogP contribution is 1.97. The van der Waals surface area contributed by atoms with Crippen molar-refractivity contribution in [3.8, 4) is 6.07 Å². The fraction of sp³-hybridized carbons (Fsp3) is 0.833. The lowest BCUT2D eigenvalue weighted by Gasteiger charge is -2.01. The molecule has 58 valence electrons. The van der Waals surface area contributed by atoms with Crippen LogP contribution in [-0.4, -0.2) is 25.8 Å². The molecule has 0 spiro atoms. The van der Waals surface area contributed by atoms with Gasteiger partial charge >= 0.3 is 0 Å². The molecule has 1 fully saturated rings. The lowest BCUT2D eigenvalue weighted by molar-refractivity contribution is 0.103. The average Bonchev–Trinajstić information content (AvgIpc) is 2.13. The number of rotatable bonds is 0.